The molecule has 1 rings (SSSR count). The number of nitrogens with one attached hydrogen (secondary N) is 3. The Morgan fingerprint density at radius 3 is 2.41 bits per heavy atom. The van der Waals surface area contributed by atoms with Crippen molar-refractivity contribution in [2.24, 2.45) is 11.7 Å². The second-order valence-corrected chi connectivity index (χ2v) is 8.70. The van der Waals surface area contributed by atoms with E-state index in [1.54, 1.807) is 20.8 Å². The molecule has 4 amide bonds. The van der Waals surface area contributed by atoms with Gasteiger partial charge in [-0.25, -0.2) is 19.4 Å². The summed E-state index contributed by atoms with van der Waals surface area (Å²) in [6, 6.07) is -2.54. The summed E-state index contributed by atoms with van der Waals surface area (Å²) < 4.78 is 10.7. The number of carbonyl (C=O) groups is 4. The molecule has 12 heteroatoms. The minimum atomic E-state index is -1.23. The van der Waals surface area contributed by atoms with Gasteiger partial charge in [0.15, 0.2) is 5.69 Å². The second kappa shape index (κ2) is 11.9. The largest absolute Gasteiger partial charge is 0.480 e. The summed E-state index contributed by atoms with van der Waals surface area (Å²) in [7, 11) is 0. The van der Waals surface area contributed by atoms with Crippen LogP contribution in [0.25, 0.3) is 0 Å². The van der Waals surface area contributed by atoms with Crippen molar-refractivity contribution in [2.45, 2.75) is 71.6 Å². The van der Waals surface area contributed by atoms with Crippen LogP contribution in [0.4, 0.5) is 9.59 Å². The third kappa shape index (κ3) is 10.1. The molecule has 0 spiro atoms. The van der Waals surface area contributed by atoms with E-state index < -0.39 is 41.7 Å². The molecule has 12 nitrogen and oxygen atoms in total. The number of carbonyl (C=O) groups excluding carboxylic acids is 3. The van der Waals surface area contributed by atoms with Crippen molar-refractivity contribution < 1.29 is 33.4 Å². The Balaban J connectivity index is 2.83. The number of nitrogens with zero attached hydrogens (tertiary/aromatic N) is 1. The first kappa shape index (κ1) is 26.7. The third-order valence-corrected chi connectivity index (χ3v) is 4.02. The maximum absolute atomic E-state index is 12.5. The maximum atomic E-state index is 12.5. The number of amides is 4. The fraction of sp³-hybridized carbons (Fsp3) is 0.650. The van der Waals surface area contributed by atoms with Crippen molar-refractivity contribution in [3.8, 4) is 0 Å². The zero-order valence-corrected chi connectivity index (χ0v) is 19.1. The number of oxazole rings is 1. The zero-order chi connectivity index (χ0) is 24.5. The molecule has 32 heavy (non-hydrogen) atoms. The number of urea groups is 1. The van der Waals surface area contributed by atoms with Crippen LogP contribution in [0, 0.1) is 5.92 Å². The lowest BCUT2D eigenvalue weighted by atomic mass is 10.0. The van der Waals surface area contributed by atoms with E-state index in [0.29, 0.717) is 12.8 Å². The van der Waals surface area contributed by atoms with E-state index >= 15 is 0 Å². The van der Waals surface area contributed by atoms with E-state index in [1.807, 2.05) is 13.8 Å². The fourth-order valence-corrected chi connectivity index (χ4v) is 2.70. The first-order chi connectivity index (χ1) is 14.8. The van der Waals surface area contributed by atoms with Gasteiger partial charge in [0.1, 0.15) is 23.9 Å². The molecule has 0 saturated heterocycles. The van der Waals surface area contributed by atoms with Crippen LogP contribution in [0.1, 0.15) is 76.3 Å². The van der Waals surface area contributed by atoms with Crippen LogP contribution in [0.5, 0.6) is 0 Å². The second-order valence-electron chi connectivity index (χ2n) is 8.70. The predicted octanol–water partition coefficient (Wildman–Crippen LogP) is 1.92. The number of hydrogen-bond donors (Lipinski definition) is 5. The molecule has 2 atom stereocenters. The Morgan fingerprint density at radius 1 is 1.22 bits per heavy atom. The molecular formula is C20H33N5O7. The predicted molar refractivity (Wildman–Crippen MR) is 114 cm³/mol. The van der Waals surface area contributed by atoms with E-state index in [9.17, 15) is 24.3 Å². The van der Waals surface area contributed by atoms with Crippen LogP contribution in [0.15, 0.2) is 10.7 Å². The topological polar surface area (TPSA) is 186 Å². The molecule has 1 heterocycles. The van der Waals surface area contributed by atoms with Crippen molar-refractivity contribution in [1.29, 1.82) is 0 Å². The number of primary amides is 1. The summed E-state index contributed by atoms with van der Waals surface area (Å²) in [5, 5.41) is 16.7. The van der Waals surface area contributed by atoms with Gasteiger partial charge in [0.05, 0.1) is 0 Å². The third-order valence-electron chi connectivity index (χ3n) is 4.02. The smallest absolute Gasteiger partial charge is 0.408 e. The van der Waals surface area contributed by atoms with Crippen LogP contribution in [-0.2, 0) is 9.53 Å². The number of aromatic nitrogens is 1. The summed E-state index contributed by atoms with van der Waals surface area (Å²) in [5.41, 5.74) is 4.14. The zero-order valence-electron chi connectivity index (χ0n) is 19.1. The van der Waals surface area contributed by atoms with Crippen molar-refractivity contribution >= 4 is 24.0 Å². The molecule has 1 aromatic heterocycles. The van der Waals surface area contributed by atoms with Gasteiger partial charge in [-0.3, -0.25) is 4.79 Å². The SMILES string of the molecule is CC(C)C[C@H](NC(=O)OC(C)(C)C)c1nc(C(=O)NC(CCCNC(N)=O)C(=O)O)co1. The Hall–Kier alpha value is -3.31. The Kier molecular flexibility index (Phi) is 9.95. The van der Waals surface area contributed by atoms with Crippen molar-refractivity contribution in [2.75, 3.05) is 6.54 Å². The molecule has 180 valence electrons. The lowest BCUT2D eigenvalue weighted by molar-refractivity contribution is -0.139. The highest BCUT2D eigenvalue weighted by Crippen LogP contribution is 2.22. The van der Waals surface area contributed by atoms with Crippen molar-refractivity contribution in [3.63, 3.8) is 0 Å². The number of carboxylic acid groups (broad SMARTS) is 1. The van der Waals surface area contributed by atoms with E-state index in [1.165, 1.54) is 0 Å². The van der Waals surface area contributed by atoms with Crippen LogP contribution in [-0.4, -0.2) is 52.3 Å². The molecule has 0 aliphatic rings. The van der Waals surface area contributed by atoms with E-state index in [4.69, 9.17) is 14.9 Å². The number of alkyl carbamates (subject to hydrolysis) is 1. The number of ether oxygens (including phenoxy) is 1. The summed E-state index contributed by atoms with van der Waals surface area (Å²) in [4.78, 5) is 50.9. The van der Waals surface area contributed by atoms with Crippen LogP contribution in [0.2, 0.25) is 0 Å². The van der Waals surface area contributed by atoms with Gasteiger partial charge < -0.3 is 35.9 Å². The van der Waals surface area contributed by atoms with Gasteiger partial charge in [0.25, 0.3) is 5.91 Å². The molecule has 1 aromatic rings. The minimum Gasteiger partial charge on any atom is -0.480 e. The van der Waals surface area contributed by atoms with Gasteiger partial charge in [0.2, 0.25) is 5.89 Å². The molecule has 0 aromatic carbocycles. The molecule has 0 fully saturated rings. The molecular weight excluding hydrogens is 422 g/mol. The van der Waals surface area contributed by atoms with Crippen LogP contribution in [0.3, 0.4) is 0 Å². The lowest BCUT2D eigenvalue weighted by Crippen LogP contribution is -2.41. The number of aliphatic carboxylic acids is 1. The number of hydrogen-bond acceptors (Lipinski definition) is 7. The van der Waals surface area contributed by atoms with Crippen molar-refractivity contribution in [3.05, 3.63) is 17.8 Å². The maximum Gasteiger partial charge on any atom is 0.408 e. The standard InChI is InChI=1S/C20H33N5O7/c1-11(2)9-13(25-19(30)32-20(3,4)5)16-24-14(10-31-16)15(26)23-12(17(27)28)7-6-8-22-18(21)29/h10-13H,6-9H2,1-5H3,(H,23,26)(H,25,30)(H,27,28)(H3,21,22,29)/t12?,13-/m0/s1. The fourth-order valence-electron chi connectivity index (χ4n) is 2.70. The van der Waals surface area contributed by atoms with E-state index in [0.717, 1.165) is 6.26 Å². The minimum absolute atomic E-state index is 0.0717. The molecule has 0 saturated carbocycles. The Bertz CT molecular complexity index is 801. The monoisotopic (exact) mass is 455 g/mol. The Labute approximate surface area is 186 Å². The van der Waals surface area contributed by atoms with Gasteiger partial charge in [-0.05, 0) is 46.0 Å². The lowest BCUT2D eigenvalue weighted by Gasteiger charge is -2.23. The van der Waals surface area contributed by atoms with Gasteiger partial charge >= 0.3 is 18.1 Å². The molecule has 6 N–H and O–H groups in total. The first-order valence-electron chi connectivity index (χ1n) is 10.3. The van der Waals surface area contributed by atoms with E-state index in [-0.39, 0.29) is 30.5 Å². The van der Waals surface area contributed by atoms with Crippen LogP contribution < -0.4 is 21.7 Å². The van der Waals surface area contributed by atoms with E-state index in [2.05, 4.69) is 20.9 Å². The van der Waals surface area contributed by atoms with Crippen molar-refractivity contribution in [1.82, 2.24) is 20.9 Å². The molecule has 0 aliphatic carbocycles. The number of nitrogens with two attached hydrogens (primary N) is 1. The summed E-state index contributed by atoms with van der Waals surface area (Å²) >= 11 is 0. The number of rotatable bonds is 11. The Morgan fingerprint density at radius 2 is 1.88 bits per heavy atom. The summed E-state index contributed by atoms with van der Waals surface area (Å²) in [6.45, 7) is 9.29. The number of carboxylic acids is 1. The first-order valence-corrected chi connectivity index (χ1v) is 10.3. The molecule has 1 unspecified atom stereocenters. The highest BCUT2D eigenvalue weighted by atomic mass is 16.6. The molecule has 0 bridgehead atoms. The highest BCUT2D eigenvalue weighted by Gasteiger charge is 2.27. The van der Waals surface area contributed by atoms with Gasteiger partial charge in [-0.2, -0.15) is 0 Å². The van der Waals surface area contributed by atoms with Gasteiger partial charge in [-0.15, -0.1) is 0 Å². The average molecular weight is 456 g/mol. The molecule has 0 radical (unpaired) electrons. The van der Waals surface area contributed by atoms with Gasteiger partial charge in [-0.1, -0.05) is 13.8 Å². The van der Waals surface area contributed by atoms with Gasteiger partial charge in [0, 0.05) is 6.54 Å². The summed E-state index contributed by atoms with van der Waals surface area (Å²) in [5.74, 6) is -1.70. The van der Waals surface area contributed by atoms with Crippen LogP contribution >= 0.6 is 0 Å². The highest BCUT2D eigenvalue weighted by molar-refractivity contribution is 5.94. The molecule has 0 aliphatic heterocycles. The average Bonchev–Trinajstić information content (AvgIpc) is 3.11. The quantitative estimate of drug-likeness (QED) is 0.313. The summed E-state index contributed by atoms with van der Waals surface area (Å²) in [6.07, 6.45) is 1.29. The normalized spacial score (nSPS) is 13.2.